The number of hydrogen-bond donors (Lipinski definition) is 0. The molecule has 0 aromatic carbocycles. The van der Waals surface area contributed by atoms with Gasteiger partial charge in [0, 0.05) is 19.3 Å². The first-order valence-electron chi connectivity index (χ1n) is 32.1. The normalized spacial score (nSPS) is 12.3. The van der Waals surface area contributed by atoms with Crippen LogP contribution in [0.2, 0.25) is 0 Å². The number of carbonyl (C=O) groups is 3. The molecule has 1 atom stereocenters. The average Bonchev–Trinajstić information content (AvgIpc) is 3.39. The Morgan fingerprint density at radius 3 is 0.849 bits per heavy atom. The zero-order chi connectivity index (χ0) is 52.9. The lowest BCUT2D eigenvalue weighted by Crippen LogP contribution is -2.30. The van der Waals surface area contributed by atoms with Gasteiger partial charge in [-0.25, -0.2) is 0 Å². The number of hydrogen-bond acceptors (Lipinski definition) is 6. The van der Waals surface area contributed by atoms with Gasteiger partial charge in [0.1, 0.15) is 13.2 Å². The van der Waals surface area contributed by atoms with Crippen molar-refractivity contribution in [3.8, 4) is 0 Å². The van der Waals surface area contributed by atoms with Crippen LogP contribution in [0.5, 0.6) is 0 Å². The van der Waals surface area contributed by atoms with Gasteiger partial charge in [0.2, 0.25) is 0 Å². The first-order chi connectivity index (χ1) is 36.0. The van der Waals surface area contributed by atoms with E-state index in [4.69, 9.17) is 14.2 Å². The molecule has 0 N–H and O–H groups in total. The summed E-state index contributed by atoms with van der Waals surface area (Å²) < 4.78 is 17.0. The van der Waals surface area contributed by atoms with Crippen LogP contribution in [0.25, 0.3) is 0 Å². The Balaban J connectivity index is 4.35. The van der Waals surface area contributed by atoms with Crippen molar-refractivity contribution in [2.45, 2.75) is 348 Å². The first kappa shape index (κ1) is 70.4. The third-order valence-electron chi connectivity index (χ3n) is 14.3. The molecule has 0 aromatic heterocycles. The van der Waals surface area contributed by atoms with Crippen LogP contribution in [0, 0.1) is 0 Å². The molecule has 426 valence electrons. The van der Waals surface area contributed by atoms with Gasteiger partial charge in [-0.3, -0.25) is 14.4 Å². The standard InChI is InChI=1S/C67H122O6/c1-4-7-10-13-16-19-22-25-28-31-33-36-39-42-45-48-51-54-57-60-66(69)72-63-64(62-71-65(68)59-56-53-50-47-44-41-38-35-30-27-24-21-18-15-12-9-6-3)73-67(70)61-58-55-52-49-46-43-40-37-34-32-29-26-23-20-17-14-11-8-5-2/h7,10,16,19,25,28,32,34,64H,4-6,8-9,11-15,17-18,20-24,26-27,29-31,33,35-63H2,1-3H3/b10-7-,19-16-,28-25-,34-32-. The van der Waals surface area contributed by atoms with Gasteiger partial charge < -0.3 is 14.2 Å². The molecule has 1 unspecified atom stereocenters. The van der Waals surface area contributed by atoms with E-state index in [0.29, 0.717) is 19.3 Å². The van der Waals surface area contributed by atoms with Crippen molar-refractivity contribution < 1.29 is 28.6 Å². The van der Waals surface area contributed by atoms with Crippen LogP contribution in [0.1, 0.15) is 342 Å². The van der Waals surface area contributed by atoms with Crippen molar-refractivity contribution in [2.24, 2.45) is 0 Å². The number of carbonyl (C=O) groups excluding carboxylic acids is 3. The lowest BCUT2D eigenvalue weighted by Gasteiger charge is -2.18. The van der Waals surface area contributed by atoms with Gasteiger partial charge in [-0.05, 0) is 77.0 Å². The summed E-state index contributed by atoms with van der Waals surface area (Å²) in [6, 6.07) is 0. The van der Waals surface area contributed by atoms with Crippen LogP contribution in [0.4, 0.5) is 0 Å². The van der Waals surface area contributed by atoms with E-state index in [-0.39, 0.29) is 31.1 Å². The molecule has 0 aliphatic rings. The molecule has 0 radical (unpaired) electrons. The van der Waals surface area contributed by atoms with E-state index in [9.17, 15) is 14.4 Å². The minimum atomic E-state index is -0.776. The van der Waals surface area contributed by atoms with Crippen LogP contribution in [0.3, 0.4) is 0 Å². The second-order valence-corrected chi connectivity index (χ2v) is 21.6. The first-order valence-corrected chi connectivity index (χ1v) is 32.1. The summed E-state index contributed by atoms with van der Waals surface area (Å²) in [7, 11) is 0. The largest absolute Gasteiger partial charge is 0.462 e. The molecule has 0 saturated heterocycles. The van der Waals surface area contributed by atoms with Crippen molar-refractivity contribution in [2.75, 3.05) is 13.2 Å². The highest BCUT2D eigenvalue weighted by Crippen LogP contribution is 2.17. The summed E-state index contributed by atoms with van der Waals surface area (Å²) in [5, 5.41) is 0. The molecule has 0 saturated carbocycles. The van der Waals surface area contributed by atoms with Crippen molar-refractivity contribution in [1.29, 1.82) is 0 Å². The summed E-state index contributed by atoms with van der Waals surface area (Å²) in [5.74, 6) is -0.860. The highest BCUT2D eigenvalue weighted by Gasteiger charge is 2.19. The van der Waals surface area contributed by atoms with Crippen molar-refractivity contribution in [1.82, 2.24) is 0 Å². The lowest BCUT2D eigenvalue weighted by atomic mass is 10.0. The molecule has 0 amide bonds. The Bertz CT molecular complexity index is 1270. The molecule has 6 nitrogen and oxygen atoms in total. The fourth-order valence-electron chi connectivity index (χ4n) is 9.51. The van der Waals surface area contributed by atoms with Crippen LogP contribution in [-0.4, -0.2) is 37.2 Å². The van der Waals surface area contributed by atoms with E-state index < -0.39 is 6.10 Å². The van der Waals surface area contributed by atoms with E-state index in [1.54, 1.807) is 0 Å². The third kappa shape index (κ3) is 60.1. The van der Waals surface area contributed by atoms with Gasteiger partial charge in [0.05, 0.1) is 0 Å². The molecule has 0 aromatic rings. The van der Waals surface area contributed by atoms with E-state index >= 15 is 0 Å². The van der Waals surface area contributed by atoms with Crippen LogP contribution in [0.15, 0.2) is 48.6 Å². The molecule has 0 aliphatic carbocycles. The molecule has 0 rings (SSSR count). The van der Waals surface area contributed by atoms with Crippen molar-refractivity contribution in [3.05, 3.63) is 48.6 Å². The van der Waals surface area contributed by atoms with Crippen LogP contribution < -0.4 is 0 Å². The monoisotopic (exact) mass is 1020 g/mol. The average molecular weight is 1020 g/mol. The second kappa shape index (κ2) is 61.9. The number of esters is 3. The van der Waals surface area contributed by atoms with Gasteiger partial charge in [0.15, 0.2) is 6.10 Å². The summed E-state index contributed by atoms with van der Waals surface area (Å²) in [6.45, 7) is 6.58. The zero-order valence-electron chi connectivity index (χ0n) is 48.9. The molecule has 0 aliphatic heterocycles. The van der Waals surface area contributed by atoms with Crippen molar-refractivity contribution in [3.63, 3.8) is 0 Å². The smallest absolute Gasteiger partial charge is 0.306 e. The van der Waals surface area contributed by atoms with Gasteiger partial charge in [-0.15, -0.1) is 0 Å². The highest BCUT2D eigenvalue weighted by molar-refractivity contribution is 5.71. The summed E-state index contributed by atoms with van der Waals surface area (Å²) >= 11 is 0. The molecule has 0 fully saturated rings. The maximum absolute atomic E-state index is 12.9. The van der Waals surface area contributed by atoms with Gasteiger partial charge in [0.25, 0.3) is 0 Å². The Morgan fingerprint density at radius 1 is 0.288 bits per heavy atom. The van der Waals surface area contributed by atoms with Gasteiger partial charge in [-0.2, -0.15) is 0 Å². The SMILES string of the molecule is CC/C=C\C/C=C\C/C=C\CCCCCCCCCCCC(=O)OCC(COC(=O)CCCCCCCCCCCCCCCCCCC)OC(=O)CCCCCCCCC/C=C\CCCCCCCCCC. The number of allylic oxidation sites excluding steroid dienone is 8. The topological polar surface area (TPSA) is 78.9 Å². The summed E-state index contributed by atoms with van der Waals surface area (Å²) in [6.07, 6.45) is 76.8. The minimum absolute atomic E-state index is 0.0725. The van der Waals surface area contributed by atoms with Crippen LogP contribution >= 0.6 is 0 Å². The zero-order valence-corrected chi connectivity index (χ0v) is 48.9. The Kier molecular flexibility index (Phi) is 59.7. The van der Waals surface area contributed by atoms with Gasteiger partial charge in [-0.1, -0.05) is 294 Å². The lowest BCUT2D eigenvalue weighted by molar-refractivity contribution is -0.167. The second-order valence-electron chi connectivity index (χ2n) is 21.6. The summed E-state index contributed by atoms with van der Waals surface area (Å²) in [5.41, 5.74) is 0. The maximum atomic E-state index is 12.9. The van der Waals surface area contributed by atoms with E-state index in [1.807, 2.05) is 0 Å². The molecule has 0 heterocycles. The molecular formula is C67H122O6. The quantitative estimate of drug-likeness (QED) is 0.0261. The fraction of sp³-hybridized carbons (Fsp3) is 0.836. The molecule has 0 spiro atoms. The summed E-state index contributed by atoms with van der Waals surface area (Å²) in [4.78, 5) is 38.3. The van der Waals surface area contributed by atoms with E-state index in [1.165, 1.54) is 225 Å². The minimum Gasteiger partial charge on any atom is -0.462 e. The Labute approximate surface area is 454 Å². The molecular weight excluding hydrogens is 901 g/mol. The highest BCUT2D eigenvalue weighted by atomic mass is 16.6. The number of unbranched alkanes of at least 4 members (excludes halogenated alkanes) is 40. The Hall–Kier alpha value is -2.63. The fourth-order valence-corrected chi connectivity index (χ4v) is 9.51. The third-order valence-corrected chi connectivity index (χ3v) is 14.3. The molecule has 0 bridgehead atoms. The van der Waals surface area contributed by atoms with Crippen molar-refractivity contribution >= 4 is 17.9 Å². The van der Waals surface area contributed by atoms with E-state index in [2.05, 4.69) is 69.4 Å². The predicted octanol–water partition coefficient (Wildman–Crippen LogP) is 21.8. The maximum Gasteiger partial charge on any atom is 0.306 e. The molecule has 6 heteroatoms. The van der Waals surface area contributed by atoms with Crippen LogP contribution in [-0.2, 0) is 28.6 Å². The van der Waals surface area contributed by atoms with Gasteiger partial charge >= 0.3 is 17.9 Å². The number of rotatable bonds is 59. The van der Waals surface area contributed by atoms with E-state index in [0.717, 1.165) is 77.0 Å². The molecule has 73 heavy (non-hydrogen) atoms. The Morgan fingerprint density at radius 2 is 0.534 bits per heavy atom. The number of ether oxygens (including phenoxy) is 3. The predicted molar refractivity (Wildman–Crippen MR) is 316 cm³/mol.